The molecule has 0 radical (unpaired) electrons. The monoisotopic (exact) mass is 490 g/mol. The number of benzene rings is 1. The van der Waals surface area contributed by atoms with Crippen LogP contribution in [0.4, 0.5) is 11.9 Å². The van der Waals surface area contributed by atoms with E-state index < -0.39 is 10.0 Å². The molecule has 186 valence electrons. The molecule has 2 aromatic rings. The fraction of sp³-hybridized carbons (Fsp3) is 0.565. The highest BCUT2D eigenvalue weighted by atomic mass is 32.2. The van der Waals surface area contributed by atoms with E-state index in [9.17, 15) is 18.3 Å². The minimum atomic E-state index is -3.58. The average Bonchev–Trinajstić information content (AvgIpc) is 2.72. The van der Waals surface area contributed by atoms with Gasteiger partial charge in [-0.3, -0.25) is 9.52 Å². The predicted octanol–water partition coefficient (Wildman–Crippen LogP) is 1.92. The van der Waals surface area contributed by atoms with Crippen molar-refractivity contribution in [3.8, 4) is 0 Å². The second-order valence-corrected chi connectivity index (χ2v) is 11.2. The highest BCUT2D eigenvalue weighted by molar-refractivity contribution is 7.91. The van der Waals surface area contributed by atoms with Crippen LogP contribution in [-0.4, -0.2) is 65.2 Å². The van der Waals surface area contributed by atoms with Gasteiger partial charge in [0.05, 0.1) is 25.3 Å². The molecule has 3 N–H and O–H groups in total. The molecule has 2 heterocycles. The van der Waals surface area contributed by atoms with E-state index in [1.807, 2.05) is 26.8 Å². The first kappa shape index (κ1) is 25.8. The van der Waals surface area contributed by atoms with E-state index in [-0.39, 0.29) is 36.4 Å². The number of anilines is 2. The van der Waals surface area contributed by atoms with Crippen LogP contribution < -0.4 is 10.0 Å². The lowest BCUT2D eigenvalue weighted by Gasteiger charge is -2.26. The van der Waals surface area contributed by atoms with Gasteiger partial charge in [0.15, 0.2) is 0 Å². The Bertz CT molecular complexity index is 1140. The third kappa shape index (κ3) is 7.10. The summed E-state index contributed by atoms with van der Waals surface area (Å²) >= 11 is 0. The number of rotatable bonds is 10. The number of likely N-dealkylation sites (N-methyl/N-ethyl adjacent to an activating group) is 1. The SMILES string of the molecule is CC(C)CC(CO)Nc1nc(CC(C)c2ccc3c(c2)CC(=O)N(C)C3)nc(NS(C)(=O)=O)n1. The highest BCUT2D eigenvalue weighted by Crippen LogP contribution is 2.26. The van der Waals surface area contributed by atoms with Crippen LogP contribution in [0.3, 0.4) is 0 Å². The van der Waals surface area contributed by atoms with Gasteiger partial charge >= 0.3 is 0 Å². The highest BCUT2D eigenvalue weighted by Gasteiger charge is 2.22. The Kier molecular flexibility index (Phi) is 8.09. The van der Waals surface area contributed by atoms with E-state index >= 15 is 0 Å². The van der Waals surface area contributed by atoms with Gasteiger partial charge in [-0.1, -0.05) is 39.0 Å². The molecular weight excluding hydrogens is 456 g/mol. The molecule has 2 atom stereocenters. The van der Waals surface area contributed by atoms with Gasteiger partial charge in [-0.2, -0.15) is 15.0 Å². The van der Waals surface area contributed by atoms with E-state index in [4.69, 9.17) is 0 Å². The Balaban J connectivity index is 1.85. The number of fused-ring (bicyclic) bond motifs is 1. The normalized spacial score (nSPS) is 15.7. The molecule has 11 heteroatoms. The van der Waals surface area contributed by atoms with Crippen molar-refractivity contribution in [1.82, 2.24) is 19.9 Å². The zero-order valence-corrected chi connectivity index (χ0v) is 21.2. The van der Waals surface area contributed by atoms with Crippen LogP contribution in [0.5, 0.6) is 0 Å². The van der Waals surface area contributed by atoms with Gasteiger partial charge in [0, 0.05) is 20.0 Å². The van der Waals surface area contributed by atoms with Gasteiger partial charge in [-0.05, 0) is 34.9 Å². The molecular formula is C23H34N6O4S. The van der Waals surface area contributed by atoms with Gasteiger partial charge in [0.2, 0.25) is 27.8 Å². The molecule has 1 aromatic heterocycles. The first-order valence-electron chi connectivity index (χ1n) is 11.4. The van der Waals surface area contributed by atoms with Crippen LogP contribution in [-0.2, 0) is 34.2 Å². The van der Waals surface area contributed by atoms with Crippen LogP contribution in [0.25, 0.3) is 0 Å². The average molecular weight is 491 g/mol. The van der Waals surface area contributed by atoms with E-state index in [2.05, 4.69) is 37.1 Å². The maximum Gasteiger partial charge on any atom is 0.241 e. The number of sulfonamides is 1. The third-order valence-corrected chi connectivity index (χ3v) is 6.28. The van der Waals surface area contributed by atoms with E-state index in [1.165, 1.54) is 0 Å². The number of aliphatic hydroxyl groups is 1. The van der Waals surface area contributed by atoms with Crippen molar-refractivity contribution in [2.45, 2.75) is 58.5 Å². The summed E-state index contributed by atoms with van der Waals surface area (Å²) in [7, 11) is -1.78. The second kappa shape index (κ2) is 10.6. The van der Waals surface area contributed by atoms with Gasteiger partial charge in [0.1, 0.15) is 5.82 Å². The summed E-state index contributed by atoms with van der Waals surface area (Å²) in [4.78, 5) is 26.8. The van der Waals surface area contributed by atoms with Gasteiger partial charge in [-0.25, -0.2) is 8.42 Å². The Hall–Kier alpha value is -2.79. The summed E-state index contributed by atoms with van der Waals surface area (Å²) in [6.07, 6.45) is 2.56. The van der Waals surface area contributed by atoms with E-state index in [0.717, 1.165) is 22.9 Å². The zero-order chi connectivity index (χ0) is 25.0. The van der Waals surface area contributed by atoms with Crippen LogP contribution in [0.2, 0.25) is 0 Å². The molecule has 0 fully saturated rings. The molecule has 0 spiro atoms. The molecule has 0 bridgehead atoms. The van der Waals surface area contributed by atoms with E-state index in [1.54, 1.807) is 11.9 Å². The topological polar surface area (TPSA) is 137 Å². The minimum absolute atomic E-state index is 0.0192. The number of nitrogens with zero attached hydrogens (tertiary/aromatic N) is 4. The molecule has 1 aliphatic rings. The van der Waals surface area contributed by atoms with Crippen molar-refractivity contribution in [2.75, 3.05) is 29.9 Å². The fourth-order valence-electron chi connectivity index (χ4n) is 4.02. The quantitative estimate of drug-likeness (QED) is 0.459. The molecule has 2 unspecified atom stereocenters. The molecule has 10 nitrogen and oxygen atoms in total. The zero-order valence-electron chi connectivity index (χ0n) is 20.4. The summed E-state index contributed by atoms with van der Waals surface area (Å²) in [5.41, 5.74) is 3.23. The number of hydrogen-bond donors (Lipinski definition) is 3. The maximum absolute atomic E-state index is 12.1. The van der Waals surface area contributed by atoms with E-state index in [0.29, 0.717) is 37.5 Å². The van der Waals surface area contributed by atoms with Crippen LogP contribution >= 0.6 is 0 Å². The van der Waals surface area contributed by atoms with Crippen molar-refractivity contribution in [2.24, 2.45) is 5.92 Å². The molecule has 0 saturated heterocycles. The Morgan fingerprint density at radius 1 is 1.12 bits per heavy atom. The smallest absolute Gasteiger partial charge is 0.241 e. The fourth-order valence-corrected chi connectivity index (χ4v) is 4.45. The molecule has 34 heavy (non-hydrogen) atoms. The van der Waals surface area contributed by atoms with Crippen LogP contribution in [0.1, 0.15) is 55.6 Å². The Morgan fingerprint density at radius 3 is 2.47 bits per heavy atom. The Morgan fingerprint density at radius 2 is 1.82 bits per heavy atom. The molecule has 1 amide bonds. The lowest BCUT2D eigenvalue weighted by atomic mass is 9.91. The molecule has 3 rings (SSSR count). The third-order valence-electron chi connectivity index (χ3n) is 5.73. The summed E-state index contributed by atoms with van der Waals surface area (Å²) in [5.74, 6) is 1.03. The number of hydrogen-bond acceptors (Lipinski definition) is 8. The standard InChI is InChI=1S/C23H34N6O4S/c1-14(2)8-19(13-30)24-22-25-20(26-23(27-22)28-34(5,32)33)9-15(3)16-6-7-17-12-29(4)21(31)11-18(17)10-16/h6-7,10,14-15,19,30H,8-9,11-13H2,1-5H3,(H2,24,25,26,27,28). The number of amides is 1. The predicted molar refractivity (Wildman–Crippen MR) is 131 cm³/mol. The minimum Gasteiger partial charge on any atom is -0.394 e. The Labute approximate surface area is 201 Å². The number of carbonyl (C=O) groups is 1. The molecule has 1 aliphatic heterocycles. The number of carbonyl (C=O) groups excluding carboxylic acids is 1. The first-order chi connectivity index (χ1) is 15.9. The van der Waals surface area contributed by atoms with Gasteiger partial charge in [-0.15, -0.1) is 0 Å². The molecule has 0 saturated carbocycles. The summed E-state index contributed by atoms with van der Waals surface area (Å²) < 4.78 is 25.9. The van der Waals surface area contributed by atoms with Crippen molar-refractivity contribution >= 4 is 27.8 Å². The van der Waals surface area contributed by atoms with Gasteiger partial charge < -0.3 is 15.3 Å². The first-order valence-corrected chi connectivity index (χ1v) is 13.3. The lowest BCUT2D eigenvalue weighted by molar-refractivity contribution is -0.130. The van der Waals surface area contributed by atoms with Crippen LogP contribution in [0.15, 0.2) is 18.2 Å². The summed E-state index contributed by atoms with van der Waals surface area (Å²) in [5, 5.41) is 12.8. The number of aliphatic hydroxyl groups excluding tert-OH is 1. The van der Waals surface area contributed by atoms with Crippen molar-refractivity contribution in [3.63, 3.8) is 0 Å². The van der Waals surface area contributed by atoms with Gasteiger partial charge in [0.25, 0.3) is 0 Å². The van der Waals surface area contributed by atoms with Crippen molar-refractivity contribution < 1.29 is 18.3 Å². The largest absolute Gasteiger partial charge is 0.394 e. The number of aromatic nitrogens is 3. The number of nitrogens with one attached hydrogen (secondary N) is 2. The summed E-state index contributed by atoms with van der Waals surface area (Å²) in [6, 6.07) is 5.90. The second-order valence-electron chi connectivity index (χ2n) is 9.49. The maximum atomic E-state index is 12.1. The van der Waals surface area contributed by atoms with Crippen LogP contribution in [0, 0.1) is 5.92 Å². The molecule has 1 aromatic carbocycles. The summed E-state index contributed by atoms with van der Waals surface area (Å²) in [6.45, 7) is 6.63. The van der Waals surface area contributed by atoms with Crippen molar-refractivity contribution in [3.05, 3.63) is 40.7 Å². The molecule has 0 aliphatic carbocycles. The van der Waals surface area contributed by atoms with Crippen molar-refractivity contribution in [1.29, 1.82) is 0 Å². The lowest BCUT2D eigenvalue weighted by Crippen LogP contribution is -2.32.